The van der Waals surface area contributed by atoms with Gasteiger partial charge in [-0.05, 0) is 40.9 Å². The molecule has 0 amide bonds. The SMILES string of the molecule is COC(=O)C(CC(C)C)NC(CC[P+](=O)O)(Cc1ccccc1)Cc1ccccc1. The molecule has 2 rings (SSSR count). The van der Waals surface area contributed by atoms with E-state index in [2.05, 4.69) is 43.4 Å². The van der Waals surface area contributed by atoms with Crippen LogP contribution in [0.15, 0.2) is 60.7 Å². The van der Waals surface area contributed by atoms with E-state index in [0.29, 0.717) is 31.6 Å². The highest BCUT2D eigenvalue weighted by Crippen LogP contribution is 2.29. The Bertz CT molecular complexity index is 754. The predicted octanol–water partition coefficient (Wildman–Crippen LogP) is 4.51. The van der Waals surface area contributed by atoms with Crippen LogP contribution in [-0.2, 0) is 26.9 Å². The highest BCUT2D eigenvalue weighted by molar-refractivity contribution is 7.37. The summed E-state index contributed by atoms with van der Waals surface area (Å²) in [5.74, 6) is -0.00944. The van der Waals surface area contributed by atoms with E-state index < -0.39 is 19.6 Å². The van der Waals surface area contributed by atoms with Crippen molar-refractivity contribution in [2.45, 2.75) is 51.1 Å². The molecule has 162 valence electrons. The molecule has 2 N–H and O–H groups in total. The zero-order valence-electron chi connectivity index (χ0n) is 18.1. The first-order valence-corrected chi connectivity index (χ1v) is 11.8. The Balaban J connectivity index is 2.45. The second kappa shape index (κ2) is 11.9. The fraction of sp³-hybridized carbons (Fsp3) is 0.458. The molecule has 30 heavy (non-hydrogen) atoms. The highest BCUT2D eigenvalue weighted by atomic mass is 31.1. The van der Waals surface area contributed by atoms with Crippen LogP contribution in [-0.4, -0.2) is 35.7 Å². The molecule has 0 aliphatic heterocycles. The molecule has 0 saturated heterocycles. The minimum atomic E-state index is -2.28. The summed E-state index contributed by atoms with van der Waals surface area (Å²) in [6.07, 6.45) is 2.53. The van der Waals surface area contributed by atoms with E-state index in [4.69, 9.17) is 4.74 Å². The van der Waals surface area contributed by atoms with Crippen LogP contribution in [0.5, 0.6) is 0 Å². The van der Waals surface area contributed by atoms with Crippen molar-refractivity contribution >= 4 is 14.0 Å². The number of carbonyl (C=O) groups is 1. The van der Waals surface area contributed by atoms with Crippen molar-refractivity contribution in [3.05, 3.63) is 71.8 Å². The first-order valence-electron chi connectivity index (χ1n) is 10.4. The van der Waals surface area contributed by atoms with E-state index in [1.807, 2.05) is 36.4 Å². The molecule has 0 radical (unpaired) electrons. The lowest BCUT2D eigenvalue weighted by Gasteiger charge is -2.38. The Labute approximate surface area is 180 Å². The van der Waals surface area contributed by atoms with Crippen LogP contribution in [0.2, 0.25) is 0 Å². The van der Waals surface area contributed by atoms with Gasteiger partial charge in [-0.1, -0.05) is 74.5 Å². The van der Waals surface area contributed by atoms with E-state index >= 15 is 0 Å². The number of benzene rings is 2. The zero-order valence-corrected chi connectivity index (χ0v) is 19.0. The summed E-state index contributed by atoms with van der Waals surface area (Å²) in [4.78, 5) is 22.1. The van der Waals surface area contributed by atoms with E-state index in [0.717, 1.165) is 11.1 Å². The van der Waals surface area contributed by atoms with Gasteiger partial charge in [0.25, 0.3) is 0 Å². The van der Waals surface area contributed by atoms with Crippen molar-refractivity contribution < 1.29 is 19.0 Å². The molecule has 2 atom stereocenters. The Morgan fingerprint density at radius 3 is 1.93 bits per heavy atom. The fourth-order valence-corrected chi connectivity index (χ4v) is 4.51. The van der Waals surface area contributed by atoms with Crippen molar-refractivity contribution in [1.82, 2.24) is 5.32 Å². The number of hydrogen-bond acceptors (Lipinski definition) is 4. The lowest BCUT2D eigenvalue weighted by atomic mass is 9.81. The third-order valence-corrected chi connectivity index (χ3v) is 5.83. The summed E-state index contributed by atoms with van der Waals surface area (Å²) in [5.41, 5.74) is 1.66. The Morgan fingerprint density at radius 2 is 1.53 bits per heavy atom. The average Bonchev–Trinajstić information content (AvgIpc) is 2.72. The van der Waals surface area contributed by atoms with Gasteiger partial charge in [-0.15, -0.1) is 0 Å². The molecule has 0 heterocycles. The lowest BCUT2D eigenvalue weighted by molar-refractivity contribution is -0.144. The molecule has 6 heteroatoms. The van der Waals surface area contributed by atoms with Gasteiger partial charge in [-0.25, -0.2) is 0 Å². The first-order chi connectivity index (χ1) is 14.3. The van der Waals surface area contributed by atoms with Crippen molar-refractivity contribution in [1.29, 1.82) is 0 Å². The Kier molecular flexibility index (Phi) is 9.64. The first kappa shape index (κ1) is 24.2. The second-order valence-corrected chi connectivity index (χ2v) is 9.43. The van der Waals surface area contributed by atoms with E-state index in [1.165, 1.54) is 7.11 Å². The van der Waals surface area contributed by atoms with Crippen molar-refractivity contribution in [3.63, 3.8) is 0 Å². The predicted molar refractivity (Wildman–Crippen MR) is 121 cm³/mol. The number of ether oxygens (including phenoxy) is 1. The van der Waals surface area contributed by atoms with Gasteiger partial charge in [-0.2, -0.15) is 4.89 Å². The smallest absolute Gasteiger partial charge is 0.468 e. The highest BCUT2D eigenvalue weighted by Gasteiger charge is 2.38. The van der Waals surface area contributed by atoms with Crippen molar-refractivity contribution in [3.8, 4) is 0 Å². The van der Waals surface area contributed by atoms with Gasteiger partial charge < -0.3 is 4.74 Å². The molecule has 2 aromatic rings. The van der Waals surface area contributed by atoms with Gasteiger partial charge in [0.1, 0.15) is 6.04 Å². The van der Waals surface area contributed by atoms with Crippen LogP contribution in [0.3, 0.4) is 0 Å². The summed E-state index contributed by atoms with van der Waals surface area (Å²) >= 11 is 0. The summed E-state index contributed by atoms with van der Waals surface area (Å²) in [6.45, 7) is 4.14. The maximum atomic E-state index is 12.6. The number of methoxy groups -OCH3 is 1. The van der Waals surface area contributed by atoms with Crippen LogP contribution in [0.1, 0.15) is 37.8 Å². The van der Waals surface area contributed by atoms with Gasteiger partial charge in [0.05, 0.1) is 7.11 Å². The minimum absolute atomic E-state index is 0.164. The number of hydrogen-bond donors (Lipinski definition) is 2. The number of esters is 1. The monoisotopic (exact) mass is 430 g/mol. The minimum Gasteiger partial charge on any atom is -0.468 e. The molecular weight excluding hydrogens is 397 g/mol. The Hall–Kier alpha value is -2.07. The van der Waals surface area contributed by atoms with E-state index in [-0.39, 0.29) is 12.1 Å². The Morgan fingerprint density at radius 1 is 1.03 bits per heavy atom. The molecule has 0 aliphatic rings. The van der Waals surface area contributed by atoms with Crippen molar-refractivity contribution in [2.24, 2.45) is 5.92 Å². The maximum absolute atomic E-state index is 12.6. The van der Waals surface area contributed by atoms with Gasteiger partial charge in [0.2, 0.25) is 0 Å². The average molecular weight is 431 g/mol. The van der Waals surface area contributed by atoms with Crippen LogP contribution in [0.4, 0.5) is 0 Å². The number of nitrogens with one attached hydrogen (secondary N) is 1. The number of rotatable bonds is 12. The summed E-state index contributed by atoms with van der Waals surface area (Å²) in [5, 5.41) is 3.59. The van der Waals surface area contributed by atoms with Crippen LogP contribution in [0, 0.1) is 5.92 Å². The molecule has 5 nitrogen and oxygen atoms in total. The van der Waals surface area contributed by atoms with E-state index in [1.54, 1.807) is 0 Å². The standard InChI is InChI=1S/C24H32NO4P/c1-19(2)16-22(23(26)29-3)25-24(14-15-30(27)28,17-20-10-6-4-7-11-20)18-21-12-8-5-9-13-21/h4-13,19,22,25H,14-18H2,1-3H3/p+1. The van der Waals surface area contributed by atoms with Gasteiger partial charge in [0, 0.05) is 12.0 Å². The molecule has 2 aromatic carbocycles. The van der Waals surface area contributed by atoms with Gasteiger partial charge in [0.15, 0.2) is 6.16 Å². The van der Waals surface area contributed by atoms with E-state index in [9.17, 15) is 14.3 Å². The third kappa shape index (κ3) is 7.98. The molecule has 0 aromatic heterocycles. The molecule has 0 spiro atoms. The fourth-order valence-electron chi connectivity index (χ4n) is 3.89. The van der Waals surface area contributed by atoms with Gasteiger partial charge >= 0.3 is 14.0 Å². The molecule has 0 aliphatic carbocycles. The molecule has 2 unspecified atom stereocenters. The maximum Gasteiger partial charge on any atom is 0.505 e. The second-order valence-electron chi connectivity index (χ2n) is 8.28. The molecule has 0 fully saturated rings. The topological polar surface area (TPSA) is 75.6 Å². The lowest BCUT2D eigenvalue weighted by Crippen LogP contribution is -2.56. The quantitative estimate of drug-likeness (QED) is 0.383. The summed E-state index contributed by atoms with van der Waals surface area (Å²) in [7, 11) is -0.880. The molecular formula is C24H33NO4P+. The molecule has 0 saturated carbocycles. The van der Waals surface area contributed by atoms with Crippen molar-refractivity contribution in [2.75, 3.05) is 13.3 Å². The largest absolute Gasteiger partial charge is 0.505 e. The zero-order chi connectivity index (χ0) is 22.0. The third-order valence-electron chi connectivity index (χ3n) is 5.23. The van der Waals surface area contributed by atoms with Crippen LogP contribution < -0.4 is 5.32 Å². The number of carbonyl (C=O) groups excluding carboxylic acids is 1. The van der Waals surface area contributed by atoms with Gasteiger partial charge in [-0.3, -0.25) is 10.1 Å². The summed E-state index contributed by atoms with van der Waals surface area (Å²) in [6, 6.07) is 19.6. The normalized spacial score (nSPS) is 13.2. The summed E-state index contributed by atoms with van der Waals surface area (Å²) < 4.78 is 16.7. The molecule has 0 bridgehead atoms. The van der Waals surface area contributed by atoms with Crippen LogP contribution >= 0.6 is 8.03 Å². The van der Waals surface area contributed by atoms with Crippen LogP contribution in [0.25, 0.3) is 0 Å².